The van der Waals surface area contributed by atoms with Crippen LogP contribution in [0.2, 0.25) is 0 Å². The number of hydrogen-bond donors (Lipinski definition) is 1. The molecule has 5 rings (SSSR count). The smallest absolute Gasteiger partial charge is 0.322 e. The van der Waals surface area contributed by atoms with Gasteiger partial charge in [0.1, 0.15) is 18.3 Å². The molecule has 200 valence electrons. The molecule has 7 heteroatoms. The summed E-state index contributed by atoms with van der Waals surface area (Å²) in [7, 11) is 1.64. The van der Waals surface area contributed by atoms with Crippen molar-refractivity contribution in [2.24, 2.45) is 0 Å². The van der Waals surface area contributed by atoms with Gasteiger partial charge in [0, 0.05) is 17.9 Å². The maximum atomic E-state index is 14.3. The zero-order valence-electron chi connectivity index (χ0n) is 23.0. The van der Waals surface area contributed by atoms with Crippen molar-refractivity contribution < 1.29 is 14.3 Å². The van der Waals surface area contributed by atoms with Crippen LogP contribution in [0.25, 0.3) is 5.69 Å². The third kappa shape index (κ3) is 5.00. The number of anilines is 2. The maximum Gasteiger partial charge on any atom is 0.322 e. The highest BCUT2D eigenvalue weighted by atomic mass is 16.5. The van der Waals surface area contributed by atoms with Crippen LogP contribution in [0, 0.1) is 13.8 Å². The molecule has 1 aromatic heterocycles. The summed E-state index contributed by atoms with van der Waals surface area (Å²) in [6, 6.07) is 24.7. The average molecular weight is 523 g/mol. The van der Waals surface area contributed by atoms with E-state index in [-0.39, 0.29) is 30.6 Å². The fourth-order valence-electron chi connectivity index (χ4n) is 5.22. The van der Waals surface area contributed by atoms with E-state index in [9.17, 15) is 9.59 Å². The van der Waals surface area contributed by atoms with Crippen LogP contribution in [0.3, 0.4) is 0 Å². The van der Waals surface area contributed by atoms with Crippen LogP contribution in [-0.2, 0) is 4.79 Å². The van der Waals surface area contributed by atoms with Crippen molar-refractivity contribution in [3.8, 4) is 11.4 Å². The van der Waals surface area contributed by atoms with E-state index in [4.69, 9.17) is 4.74 Å². The molecule has 3 aromatic carbocycles. The molecule has 0 fully saturated rings. The topological polar surface area (TPSA) is 66.8 Å². The van der Waals surface area contributed by atoms with Gasteiger partial charge in [0.2, 0.25) is 5.91 Å². The zero-order chi connectivity index (χ0) is 27.7. The monoisotopic (exact) mass is 522 g/mol. The van der Waals surface area contributed by atoms with Crippen LogP contribution in [0.4, 0.5) is 16.2 Å². The van der Waals surface area contributed by atoms with Crippen LogP contribution in [-0.4, -0.2) is 41.1 Å². The van der Waals surface area contributed by atoms with E-state index < -0.39 is 0 Å². The van der Waals surface area contributed by atoms with E-state index in [2.05, 4.69) is 9.88 Å². The molecule has 1 aliphatic heterocycles. The van der Waals surface area contributed by atoms with Crippen molar-refractivity contribution in [1.29, 1.82) is 0 Å². The van der Waals surface area contributed by atoms with E-state index in [1.165, 1.54) is 0 Å². The van der Waals surface area contributed by atoms with Gasteiger partial charge in [-0.25, -0.2) is 4.79 Å². The molecule has 7 nitrogen and oxygen atoms in total. The Hall–Kier alpha value is -4.52. The van der Waals surface area contributed by atoms with Crippen molar-refractivity contribution in [2.45, 2.75) is 39.8 Å². The van der Waals surface area contributed by atoms with Gasteiger partial charge in [0.15, 0.2) is 0 Å². The fourth-order valence-corrected chi connectivity index (χ4v) is 5.22. The highest BCUT2D eigenvalue weighted by molar-refractivity contribution is 6.01. The van der Waals surface area contributed by atoms with Crippen molar-refractivity contribution in [1.82, 2.24) is 9.47 Å². The number of nitrogens with zero attached hydrogens (tertiary/aromatic N) is 3. The summed E-state index contributed by atoms with van der Waals surface area (Å²) in [6.45, 7) is 7.75. The van der Waals surface area contributed by atoms with Crippen LogP contribution in [0.1, 0.15) is 42.3 Å². The van der Waals surface area contributed by atoms with Gasteiger partial charge in [-0.15, -0.1) is 0 Å². The molecule has 0 spiro atoms. The second-order valence-corrected chi connectivity index (χ2v) is 10.2. The second kappa shape index (κ2) is 10.7. The minimum Gasteiger partial charge on any atom is -0.497 e. The molecule has 0 saturated carbocycles. The number of fused-ring (bicyclic) bond motifs is 3. The average Bonchev–Trinajstić information content (AvgIpc) is 3.42. The number of methoxy groups -OCH3 is 1. The quantitative estimate of drug-likeness (QED) is 0.315. The first-order chi connectivity index (χ1) is 18.8. The number of benzene rings is 3. The van der Waals surface area contributed by atoms with Gasteiger partial charge in [0.05, 0.1) is 24.2 Å². The van der Waals surface area contributed by atoms with Gasteiger partial charge in [-0.2, -0.15) is 0 Å². The summed E-state index contributed by atoms with van der Waals surface area (Å²) in [4.78, 5) is 31.1. The predicted octanol–water partition coefficient (Wildman–Crippen LogP) is 6.48. The molecule has 0 unspecified atom stereocenters. The Morgan fingerprint density at radius 1 is 0.949 bits per heavy atom. The first-order valence-electron chi connectivity index (χ1n) is 13.2. The summed E-state index contributed by atoms with van der Waals surface area (Å²) in [5, 5.41) is 3.01. The Morgan fingerprint density at radius 3 is 2.33 bits per heavy atom. The lowest BCUT2D eigenvalue weighted by Gasteiger charge is -2.40. The lowest BCUT2D eigenvalue weighted by molar-refractivity contribution is -0.119. The van der Waals surface area contributed by atoms with Crippen molar-refractivity contribution in [2.75, 3.05) is 23.9 Å². The van der Waals surface area contributed by atoms with Crippen molar-refractivity contribution >= 4 is 23.3 Å². The number of carbonyl (C=O) groups excluding carboxylic acids is 2. The van der Waals surface area contributed by atoms with Crippen LogP contribution < -0.4 is 15.0 Å². The highest BCUT2D eigenvalue weighted by Crippen LogP contribution is 2.42. The van der Waals surface area contributed by atoms with Gasteiger partial charge in [-0.3, -0.25) is 9.69 Å². The maximum absolute atomic E-state index is 14.3. The molecule has 0 radical (unpaired) electrons. The molecule has 0 saturated heterocycles. The molecule has 39 heavy (non-hydrogen) atoms. The second-order valence-electron chi connectivity index (χ2n) is 10.2. The highest BCUT2D eigenvalue weighted by Gasteiger charge is 2.37. The molecular formula is C32H34N4O3. The van der Waals surface area contributed by atoms with Gasteiger partial charge >= 0.3 is 6.03 Å². The Labute approximate surface area is 229 Å². The van der Waals surface area contributed by atoms with Crippen molar-refractivity contribution in [3.05, 3.63) is 107 Å². The summed E-state index contributed by atoms with van der Waals surface area (Å²) in [6.07, 6.45) is 2.02. The van der Waals surface area contributed by atoms with Crippen LogP contribution in [0.15, 0.2) is 85.1 Å². The van der Waals surface area contributed by atoms with E-state index >= 15 is 0 Å². The zero-order valence-corrected chi connectivity index (χ0v) is 23.0. The molecule has 4 aromatic rings. The molecule has 0 bridgehead atoms. The molecule has 3 amide bonds. The number of aryl methyl sites for hydroxylation is 2. The minimum absolute atomic E-state index is 0.0733. The number of ether oxygens (including phenoxy) is 1. The summed E-state index contributed by atoms with van der Waals surface area (Å²) < 4.78 is 7.50. The SMILES string of the molecule is COc1ccc([C@@H]2c3cccn3-c3ccccc3N2C(=O)CN(C(=O)Nc2ccc(C)cc2C)C(C)C)cc1. The predicted molar refractivity (Wildman–Crippen MR) is 155 cm³/mol. The molecule has 1 aliphatic rings. The van der Waals surface area contributed by atoms with E-state index in [0.29, 0.717) is 0 Å². The number of hydrogen-bond acceptors (Lipinski definition) is 3. The van der Waals surface area contributed by atoms with E-state index in [0.717, 1.165) is 45.2 Å². The fraction of sp³-hybridized carbons (Fsp3) is 0.250. The van der Waals surface area contributed by atoms with Crippen molar-refractivity contribution in [3.63, 3.8) is 0 Å². The number of nitrogens with one attached hydrogen (secondary N) is 1. The molecule has 1 N–H and O–H groups in total. The normalized spacial score (nSPS) is 14.0. The number of aromatic nitrogens is 1. The first-order valence-corrected chi connectivity index (χ1v) is 13.2. The molecule has 2 heterocycles. The van der Waals surface area contributed by atoms with Crippen LogP contribution >= 0.6 is 0 Å². The Kier molecular flexibility index (Phi) is 7.15. The lowest BCUT2D eigenvalue weighted by Crippen LogP contribution is -2.49. The summed E-state index contributed by atoms with van der Waals surface area (Å²) >= 11 is 0. The number of amides is 3. The minimum atomic E-state index is -0.371. The number of rotatable bonds is 6. The number of carbonyl (C=O) groups is 2. The third-order valence-corrected chi connectivity index (χ3v) is 7.23. The lowest BCUT2D eigenvalue weighted by atomic mass is 9.97. The van der Waals surface area contributed by atoms with Gasteiger partial charge in [0.25, 0.3) is 0 Å². The third-order valence-electron chi connectivity index (χ3n) is 7.23. The summed E-state index contributed by atoms with van der Waals surface area (Å²) in [5.41, 5.74) is 6.48. The number of urea groups is 1. The standard InChI is InChI=1S/C32H34N4O3/c1-21(2)35(32(38)33-26-17-12-22(3)19-23(26)4)20-30(37)36-28-10-7-6-9-27(28)34-18-8-11-29(34)31(36)24-13-15-25(39-5)16-14-24/h6-19,21,31H,20H2,1-5H3,(H,33,38)/t31-/m1/s1. The number of para-hydroxylation sites is 2. The van der Waals surface area contributed by atoms with Gasteiger partial charge < -0.3 is 19.5 Å². The molecular weight excluding hydrogens is 488 g/mol. The Balaban J connectivity index is 1.51. The largest absolute Gasteiger partial charge is 0.497 e. The first kappa shape index (κ1) is 26.1. The molecule has 1 atom stereocenters. The summed E-state index contributed by atoms with van der Waals surface area (Å²) in [5.74, 6) is 0.581. The Morgan fingerprint density at radius 2 is 1.67 bits per heavy atom. The van der Waals surface area contributed by atoms with E-state index in [1.54, 1.807) is 12.0 Å². The van der Waals surface area contributed by atoms with Gasteiger partial charge in [-0.05, 0) is 81.3 Å². The molecule has 0 aliphatic carbocycles. The Bertz CT molecular complexity index is 1510. The van der Waals surface area contributed by atoms with Gasteiger partial charge in [-0.1, -0.05) is 42.0 Å². The van der Waals surface area contributed by atoms with Crippen LogP contribution in [0.5, 0.6) is 5.75 Å². The van der Waals surface area contributed by atoms with E-state index in [1.807, 2.05) is 118 Å².